The molecule has 1 radical (unpaired) electrons. The van der Waals surface area contributed by atoms with E-state index in [1.165, 1.54) is 0 Å². The quantitative estimate of drug-likeness (QED) is 0.368. The Labute approximate surface area is 113 Å². The van der Waals surface area contributed by atoms with Crippen LogP contribution in [0, 0.1) is 0 Å². The Morgan fingerprint density at radius 1 is 0.846 bits per heavy atom. The van der Waals surface area contributed by atoms with Gasteiger partial charge in [0.1, 0.15) is 0 Å². The molecule has 7 heteroatoms. The van der Waals surface area contributed by atoms with Crippen molar-refractivity contribution < 1.29 is 17.1 Å². The maximum Gasteiger partial charge on any atom is 0.00456 e. The summed E-state index contributed by atoms with van der Waals surface area (Å²) in [6.07, 6.45) is 0. The van der Waals surface area contributed by atoms with Crippen LogP contribution >= 0.6 is 24.4 Å². The monoisotopic (exact) mass is 303 g/mol. The molecule has 0 atom stereocenters. The van der Waals surface area contributed by atoms with Crippen molar-refractivity contribution in [2.45, 2.75) is 0 Å². The van der Waals surface area contributed by atoms with Gasteiger partial charge in [-0.1, -0.05) is 8.64 Å². The second kappa shape index (κ2) is 10.8. The molecule has 0 N–H and O–H groups in total. The average Bonchev–Trinajstić information content (AvgIpc) is 1.88. The minimum Gasteiger partial charge on any atom is -0.411 e. The molecule has 0 saturated heterocycles. The van der Waals surface area contributed by atoms with Crippen molar-refractivity contribution in [2.75, 3.05) is 28.2 Å². The van der Waals surface area contributed by atoms with Crippen LogP contribution in [0.5, 0.6) is 0 Å². The van der Waals surface area contributed by atoms with E-state index in [4.69, 9.17) is 0 Å². The van der Waals surface area contributed by atoms with E-state index >= 15 is 0 Å². The van der Waals surface area contributed by atoms with Crippen LogP contribution < -0.4 is 0 Å². The summed E-state index contributed by atoms with van der Waals surface area (Å²) in [4.78, 5) is 3.43. The van der Waals surface area contributed by atoms with Crippen LogP contribution in [-0.2, 0) is 42.3 Å². The molecule has 0 aromatic rings. The number of rotatable bonds is 0. The van der Waals surface area contributed by atoms with Gasteiger partial charge in [-0.25, -0.2) is 0 Å². The van der Waals surface area contributed by atoms with Gasteiger partial charge in [-0.3, -0.25) is 0 Å². The largest absolute Gasteiger partial charge is 0.411 e. The zero-order valence-corrected chi connectivity index (χ0v) is 12.0. The van der Waals surface area contributed by atoms with Gasteiger partial charge in [0.05, 0.1) is 0 Å². The molecule has 83 valence electrons. The van der Waals surface area contributed by atoms with E-state index in [0.29, 0.717) is 8.64 Å². The predicted molar refractivity (Wildman–Crippen MR) is 67.3 cm³/mol. The van der Waals surface area contributed by atoms with Gasteiger partial charge in [0.25, 0.3) is 0 Å². The van der Waals surface area contributed by atoms with Crippen molar-refractivity contribution in [2.24, 2.45) is 0 Å². The number of hydrogen-bond donors (Lipinski definition) is 0. The Morgan fingerprint density at radius 3 is 0.923 bits per heavy atom. The number of hydrogen-bond acceptors (Lipinski definition) is 4. The van der Waals surface area contributed by atoms with Crippen molar-refractivity contribution in [1.29, 1.82) is 0 Å². The standard InChI is InChI=1S/2C3H7NS2.Cu/c2*1-4(2)3(5)6;/h2*1-2H3,(H,5,6);/p-2. The summed E-state index contributed by atoms with van der Waals surface area (Å²) >= 11 is 18.2. The SMILES string of the molecule is CN(C)C(=S)[S-].CN(C)C(=S)[S-].[Cu]. The van der Waals surface area contributed by atoms with Gasteiger partial charge < -0.3 is 59.5 Å². The third-order valence-electron chi connectivity index (χ3n) is 0.730. The Balaban J connectivity index is -0.000000143. The van der Waals surface area contributed by atoms with Crippen LogP contribution in [0.4, 0.5) is 0 Å². The van der Waals surface area contributed by atoms with E-state index in [1.54, 1.807) is 9.80 Å². The second-order valence-electron chi connectivity index (χ2n) is 2.32. The molecule has 0 rings (SSSR count). The van der Waals surface area contributed by atoms with E-state index in [2.05, 4.69) is 49.7 Å². The first-order valence-electron chi connectivity index (χ1n) is 3.05. The zero-order valence-electron chi connectivity index (χ0n) is 7.83. The maximum atomic E-state index is 4.56. The van der Waals surface area contributed by atoms with E-state index in [9.17, 15) is 0 Å². The summed E-state index contributed by atoms with van der Waals surface area (Å²) in [5, 5.41) is 0. The summed E-state index contributed by atoms with van der Waals surface area (Å²) in [5.74, 6) is 0. The molecule has 0 saturated carbocycles. The first kappa shape index (κ1) is 19.3. The number of nitrogens with zero attached hydrogens (tertiary/aromatic N) is 2. The normalized spacial score (nSPS) is 7.08. The Bertz CT molecular complexity index is 143. The molecule has 13 heavy (non-hydrogen) atoms. The third kappa shape index (κ3) is 19.2. The Kier molecular flexibility index (Phi) is 16.1. The van der Waals surface area contributed by atoms with E-state index in [0.717, 1.165) is 0 Å². The Morgan fingerprint density at radius 2 is 0.923 bits per heavy atom. The molecule has 0 aliphatic rings. The van der Waals surface area contributed by atoms with Crippen LogP contribution in [0.15, 0.2) is 0 Å². The minimum atomic E-state index is 0. The van der Waals surface area contributed by atoms with Gasteiger partial charge in [0.15, 0.2) is 0 Å². The van der Waals surface area contributed by atoms with Crippen molar-refractivity contribution in [3.8, 4) is 0 Å². The summed E-state index contributed by atoms with van der Waals surface area (Å²) in [5.41, 5.74) is 0. The minimum absolute atomic E-state index is 0. The smallest absolute Gasteiger partial charge is 0.00456 e. The summed E-state index contributed by atoms with van der Waals surface area (Å²) in [6.45, 7) is 0. The molecule has 0 amide bonds. The van der Waals surface area contributed by atoms with Gasteiger partial charge in [0, 0.05) is 45.3 Å². The van der Waals surface area contributed by atoms with Crippen LogP contribution in [-0.4, -0.2) is 46.6 Å². The van der Waals surface area contributed by atoms with E-state index < -0.39 is 0 Å². The number of thiocarbonyl (C=S) groups is 2. The topological polar surface area (TPSA) is 6.48 Å². The maximum absolute atomic E-state index is 4.56. The average molecular weight is 304 g/mol. The van der Waals surface area contributed by atoms with Crippen LogP contribution in [0.1, 0.15) is 0 Å². The van der Waals surface area contributed by atoms with Crippen molar-refractivity contribution in [1.82, 2.24) is 9.80 Å². The molecule has 0 spiro atoms. The van der Waals surface area contributed by atoms with Gasteiger partial charge in [-0.05, 0) is 0 Å². The molecule has 0 aromatic carbocycles. The van der Waals surface area contributed by atoms with Crippen molar-refractivity contribution in [3.05, 3.63) is 0 Å². The molecule has 0 unspecified atom stereocenters. The molecular formula is C6H12CuN2S4-2. The first-order valence-corrected chi connectivity index (χ1v) is 4.69. The molecule has 0 heterocycles. The first-order chi connectivity index (χ1) is 5.29. The van der Waals surface area contributed by atoms with Gasteiger partial charge in [-0.15, -0.1) is 0 Å². The van der Waals surface area contributed by atoms with Gasteiger partial charge in [0.2, 0.25) is 0 Å². The second-order valence-corrected chi connectivity index (χ2v) is 4.38. The molecule has 0 fully saturated rings. The fourth-order valence-electron chi connectivity index (χ4n) is 0. The Hall–Kier alpha value is 0.739. The fourth-order valence-corrected chi connectivity index (χ4v) is 0. The van der Waals surface area contributed by atoms with Gasteiger partial charge >= 0.3 is 0 Å². The summed E-state index contributed by atoms with van der Waals surface area (Å²) in [7, 11) is 7.31. The summed E-state index contributed by atoms with van der Waals surface area (Å²) in [6, 6.07) is 0. The molecule has 2 nitrogen and oxygen atoms in total. The fraction of sp³-hybridized carbons (Fsp3) is 0.667. The third-order valence-corrected chi connectivity index (χ3v) is 2.19. The molecule has 0 aliphatic heterocycles. The molecular weight excluding hydrogens is 292 g/mol. The molecule has 0 aromatic heterocycles. The summed E-state index contributed by atoms with van der Waals surface area (Å²) < 4.78 is 1.02. The van der Waals surface area contributed by atoms with E-state index in [-0.39, 0.29) is 17.1 Å². The van der Waals surface area contributed by atoms with Crippen LogP contribution in [0.3, 0.4) is 0 Å². The molecule has 0 aliphatic carbocycles. The molecule has 0 bridgehead atoms. The van der Waals surface area contributed by atoms with Gasteiger partial charge in [-0.2, -0.15) is 0 Å². The van der Waals surface area contributed by atoms with Crippen LogP contribution in [0.25, 0.3) is 0 Å². The van der Waals surface area contributed by atoms with Crippen molar-refractivity contribution >= 4 is 58.3 Å². The van der Waals surface area contributed by atoms with Crippen LogP contribution in [0.2, 0.25) is 0 Å². The van der Waals surface area contributed by atoms with Crippen molar-refractivity contribution in [3.63, 3.8) is 0 Å². The predicted octanol–water partition coefficient (Wildman–Crippen LogP) is 0.757. The zero-order chi connectivity index (χ0) is 10.3. The van der Waals surface area contributed by atoms with E-state index in [1.807, 2.05) is 28.2 Å².